The summed E-state index contributed by atoms with van der Waals surface area (Å²) in [7, 11) is 3.07. The van der Waals surface area contributed by atoms with E-state index in [9.17, 15) is 14.7 Å². The topological polar surface area (TPSA) is 79.3 Å². The van der Waals surface area contributed by atoms with Crippen LogP contribution in [0, 0.1) is 0 Å². The Balaban J connectivity index is 1.65. The number of benzene rings is 2. The molecule has 1 N–H and O–H groups in total. The summed E-state index contributed by atoms with van der Waals surface area (Å²) in [5.74, 6) is 0.865. The molecule has 0 aliphatic carbocycles. The van der Waals surface area contributed by atoms with E-state index in [1.807, 2.05) is 0 Å². The molecular formula is C20H22N2O5. The maximum atomic E-state index is 12.8. The first-order valence-corrected chi connectivity index (χ1v) is 8.63. The van der Waals surface area contributed by atoms with Gasteiger partial charge in [0.2, 0.25) is 0 Å². The maximum Gasteiger partial charge on any atom is 0.254 e. The van der Waals surface area contributed by atoms with E-state index in [1.165, 1.54) is 19.2 Å². The van der Waals surface area contributed by atoms with E-state index in [2.05, 4.69) is 0 Å². The fraction of sp³-hybridized carbons (Fsp3) is 0.300. The van der Waals surface area contributed by atoms with Gasteiger partial charge >= 0.3 is 0 Å². The van der Waals surface area contributed by atoms with Crippen LogP contribution in [-0.2, 0) is 0 Å². The van der Waals surface area contributed by atoms with Crippen LogP contribution < -0.4 is 9.47 Å². The molecule has 1 heterocycles. The molecule has 3 rings (SSSR count). The smallest absolute Gasteiger partial charge is 0.254 e. The summed E-state index contributed by atoms with van der Waals surface area (Å²) >= 11 is 0. The predicted molar refractivity (Wildman–Crippen MR) is 99.5 cm³/mol. The van der Waals surface area contributed by atoms with Gasteiger partial charge in [-0.15, -0.1) is 0 Å². The van der Waals surface area contributed by atoms with Crippen molar-refractivity contribution in [3.8, 4) is 17.2 Å². The number of hydrogen-bond acceptors (Lipinski definition) is 5. The molecule has 1 fully saturated rings. The Bertz CT molecular complexity index is 844. The third kappa shape index (κ3) is 3.97. The number of carbonyl (C=O) groups is 2. The van der Waals surface area contributed by atoms with Crippen molar-refractivity contribution in [2.45, 2.75) is 0 Å². The molecule has 1 aliphatic rings. The van der Waals surface area contributed by atoms with Crippen molar-refractivity contribution < 1.29 is 24.2 Å². The van der Waals surface area contributed by atoms with E-state index in [0.717, 1.165) is 0 Å². The van der Waals surface area contributed by atoms with Gasteiger partial charge in [-0.25, -0.2) is 0 Å². The van der Waals surface area contributed by atoms with Crippen LogP contribution in [0.25, 0.3) is 0 Å². The molecule has 0 spiro atoms. The number of phenolic OH excluding ortho intramolecular Hbond substituents is 1. The fourth-order valence-corrected chi connectivity index (χ4v) is 3.09. The number of phenols is 1. The van der Waals surface area contributed by atoms with Crippen molar-refractivity contribution in [3.05, 3.63) is 53.6 Å². The van der Waals surface area contributed by atoms with E-state index < -0.39 is 0 Å². The number of amides is 2. The molecule has 1 aliphatic heterocycles. The second-order valence-electron chi connectivity index (χ2n) is 6.20. The summed E-state index contributed by atoms with van der Waals surface area (Å²) in [6, 6.07) is 11.3. The Hall–Kier alpha value is -3.22. The number of methoxy groups -OCH3 is 2. The molecule has 0 unspecified atom stereocenters. The number of hydrogen-bond donors (Lipinski definition) is 1. The summed E-state index contributed by atoms with van der Waals surface area (Å²) < 4.78 is 10.4. The molecule has 1 saturated heterocycles. The number of nitrogens with zero attached hydrogens (tertiary/aromatic N) is 2. The van der Waals surface area contributed by atoms with Gasteiger partial charge in [0.25, 0.3) is 11.8 Å². The molecule has 2 amide bonds. The minimum atomic E-state index is -0.149. The van der Waals surface area contributed by atoms with E-state index in [0.29, 0.717) is 48.8 Å². The zero-order chi connectivity index (χ0) is 19.4. The van der Waals surface area contributed by atoms with Gasteiger partial charge in [0, 0.05) is 37.3 Å². The predicted octanol–water partition coefficient (Wildman–Crippen LogP) is 2.01. The monoisotopic (exact) mass is 370 g/mol. The van der Waals surface area contributed by atoms with Crippen LogP contribution in [0.2, 0.25) is 0 Å². The Morgan fingerprint density at radius 1 is 0.815 bits per heavy atom. The standard InChI is InChI=1S/C20H22N2O5/c1-26-17-7-6-15(13-18(17)27-2)20(25)22-10-8-21(9-11-22)19(24)14-4-3-5-16(23)12-14/h3-7,12-13,23H,8-11H2,1-2H3. The Morgan fingerprint density at radius 3 is 1.89 bits per heavy atom. The minimum Gasteiger partial charge on any atom is -0.508 e. The largest absolute Gasteiger partial charge is 0.508 e. The third-order valence-electron chi connectivity index (χ3n) is 4.58. The highest BCUT2D eigenvalue weighted by atomic mass is 16.5. The van der Waals surface area contributed by atoms with Crippen LogP contribution >= 0.6 is 0 Å². The highest BCUT2D eigenvalue weighted by molar-refractivity contribution is 5.96. The van der Waals surface area contributed by atoms with Crippen molar-refractivity contribution >= 4 is 11.8 Å². The van der Waals surface area contributed by atoms with Gasteiger partial charge in [-0.05, 0) is 36.4 Å². The Labute approximate surface area is 157 Å². The van der Waals surface area contributed by atoms with Crippen LogP contribution in [0.1, 0.15) is 20.7 Å². The van der Waals surface area contributed by atoms with Crippen molar-refractivity contribution in [3.63, 3.8) is 0 Å². The van der Waals surface area contributed by atoms with Crippen molar-refractivity contribution in [1.29, 1.82) is 0 Å². The molecular weight excluding hydrogens is 348 g/mol. The summed E-state index contributed by atoms with van der Waals surface area (Å²) in [5.41, 5.74) is 0.954. The molecule has 27 heavy (non-hydrogen) atoms. The fourth-order valence-electron chi connectivity index (χ4n) is 3.09. The van der Waals surface area contributed by atoms with Gasteiger partial charge in [0.05, 0.1) is 14.2 Å². The lowest BCUT2D eigenvalue weighted by Gasteiger charge is -2.35. The highest BCUT2D eigenvalue weighted by Crippen LogP contribution is 2.28. The number of aromatic hydroxyl groups is 1. The van der Waals surface area contributed by atoms with Crippen molar-refractivity contribution in [1.82, 2.24) is 9.80 Å². The molecule has 0 radical (unpaired) electrons. The van der Waals surface area contributed by atoms with Gasteiger partial charge < -0.3 is 24.4 Å². The van der Waals surface area contributed by atoms with Crippen molar-refractivity contribution in [2.75, 3.05) is 40.4 Å². The quantitative estimate of drug-likeness (QED) is 0.891. The molecule has 142 valence electrons. The lowest BCUT2D eigenvalue weighted by Crippen LogP contribution is -2.50. The zero-order valence-corrected chi connectivity index (χ0v) is 15.3. The lowest BCUT2D eigenvalue weighted by atomic mass is 10.1. The van der Waals surface area contributed by atoms with Crippen LogP contribution in [0.15, 0.2) is 42.5 Å². The minimum absolute atomic E-state index is 0.0584. The van der Waals surface area contributed by atoms with Crippen molar-refractivity contribution in [2.24, 2.45) is 0 Å². The van der Waals surface area contributed by atoms with Gasteiger partial charge in [-0.3, -0.25) is 9.59 Å². The second-order valence-corrected chi connectivity index (χ2v) is 6.20. The molecule has 7 heteroatoms. The SMILES string of the molecule is COc1ccc(C(=O)N2CCN(C(=O)c3cccc(O)c3)CC2)cc1OC. The van der Waals surface area contributed by atoms with Crippen LogP contribution in [-0.4, -0.2) is 67.1 Å². The van der Waals surface area contributed by atoms with E-state index in [1.54, 1.807) is 47.2 Å². The second kappa shape index (κ2) is 7.99. The molecule has 0 bridgehead atoms. The Kier molecular flexibility index (Phi) is 5.49. The molecule has 0 aromatic heterocycles. The summed E-state index contributed by atoms with van der Waals surface area (Å²) in [6.07, 6.45) is 0. The van der Waals surface area contributed by atoms with Gasteiger partial charge in [-0.1, -0.05) is 6.07 Å². The van der Waals surface area contributed by atoms with E-state index in [-0.39, 0.29) is 17.6 Å². The third-order valence-corrected chi connectivity index (χ3v) is 4.58. The summed E-state index contributed by atoms with van der Waals surface area (Å²) in [6.45, 7) is 1.76. The summed E-state index contributed by atoms with van der Waals surface area (Å²) in [5, 5.41) is 9.54. The van der Waals surface area contributed by atoms with Gasteiger partial charge in [0.1, 0.15) is 5.75 Å². The molecule has 0 atom stereocenters. The van der Waals surface area contributed by atoms with Crippen LogP contribution in [0.4, 0.5) is 0 Å². The Morgan fingerprint density at radius 2 is 1.37 bits per heavy atom. The normalized spacial score (nSPS) is 14.0. The van der Waals surface area contributed by atoms with Gasteiger partial charge in [0.15, 0.2) is 11.5 Å². The first-order valence-electron chi connectivity index (χ1n) is 8.63. The number of rotatable bonds is 4. The maximum absolute atomic E-state index is 12.8. The molecule has 2 aromatic carbocycles. The average molecular weight is 370 g/mol. The van der Waals surface area contributed by atoms with E-state index in [4.69, 9.17) is 9.47 Å². The highest BCUT2D eigenvalue weighted by Gasteiger charge is 2.26. The van der Waals surface area contributed by atoms with E-state index >= 15 is 0 Å². The average Bonchev–Trinajstić information content (AvgIpc) is 2.72. The van der Waals surface area contributed by atoms with Crippen LogP contribution in [0.3, 0.4) is 0 Å². The number of piperazine rings is 1. The summed E-state index contributed by atoms with van der Waals surface area (Å²) in [4.78, 5) is 28.7. The van der Waals surface area contributed by atoms with Crippen LogP contribution in [0.5, 0.6) is 17.2 Å². The molecule has 0 saturated carbocycles. The number of ether oxygens (including phenoxy) is 2. The zero-order valence-electron chi connectivity index (χ0n) is 15.3. The first kappa shape index (κ1) is 18.6. The van der Waals surface area contributed by atoms with Gasteiger partial charge in [-0.2, -0.15) is 0 Å². The molecule has 7 nitrogen and oxygen atoms in total. The first-order chi connectivity index (χ1) is 13.0. The number of carbonyl (C=O) groups excluding carboxylic acids is 2. The molecule has 2 aromatic rings. The lowest BCUT2D eigenvalue weighted by molar-refractivity contribution is 0.0535.